The van der Waals surface area contributed by atoms with E-state index in [4.69, 9.17) is 4.74 Å². The van der Waals surface area contributed by atoms with E-state index in [1.807, 2.05) is 69.3 Å². The minimum absolute atomic E-state index is 0.0750. The van der Waals surface area contributed by atoms with Crippen LogP contribution in [0.4, 0.5) is 0 Å². The maximum absolute atomic E-state index is 12.7. The maximum atomic E-state index is 12.7. The van der Waals surface area contributed by atoms with E-state index < -0.39 is 0 Å². The number of aryl methyl sites for hydroxylation is 2. The van der Waals surface area contributed by atoms with Gasteiger partial charge in [0.05, 0.1) is 23.7 Å². The minimum atomic E-state index is -0.137. The predicted molar refractivity (Wildman–Crippen MR) is 111 cm³/mol. The van der Waals surface area contributed by atoms with Gasteiger partial charge in [-0.1, -0.05) is 24.3 Å². The van der Waals surface area contributed by atoms with Crippen LogP contribution in [0, 0.1) is 0 Å². The monoisotopic (exact) mass is 381 g/mol. The molecular formula is C22H27N3O3. The number of fused-ring (bicyclic) bond motifs is 1. The van der Waals surface area contributed by atoms with Crippen molar-refractivity contribution in [2.75, 3.05) is 6.61 Å². The summed E-state index contributed by atoms with van der Waals surface area (Å²) in [6.45, 7) is 7.39. The lowest BCUT2D eigenvalue weighted by Gasteiger charge is -2.15. The first kappa shape index (κ1) is 19.7. The van der Waals surface area contributed by atoms with Crippen molar-refractivity contribution in [3.05, 3.63) is 64.6 Å². The molecule has 0 saturated carbocycles. The number of carbonyl (C=O) groups excluding carboxylic acids is 1. The normalized spacial score (nSPS) is 12.1. The first-order chi connectivity index (χ1) is 13.5. The van der Waals surface area contributed by atoms with Crippen LogP contribution in [0.2, 0.25) is 0 Å². The molecule has 1 aromatic heterocycles. The molecule has 0 radical (unpaired) electrons. The van der Waals surface area contributed by atoms with Crippen molar-refractivity contribution < 1.29 is 9.53 Å². The van der Waals surface area contributed by atoms with E-state index in [0.29, 0.717) is 19.7 Å². The van der Waals surface area contributed by atoms with Crippen molar-refractivity contribution in [3.8, 4) is 5.75 Å². The number of ether oxygens (including phenoxy) is 1. The highest BCUT2D eigenvalue weighted by atomic mass is 16.5. The van der Waals surface area contributed by atoms with Gasteiger partial charge < -0.3 is 10.1 Å². The Morgan fingerprint density at radius 2 is 1.79 bits per heavy atom. The molecule has 6 nitrogen and oxygen atoms in total. The van der Waals surface area contributed by atoms with Gasteiger partial charge >= 0.3 is 5.69 Å². The van der Waals surface area contributed by atoms with Crippen molar-refractivity contribution in [1.82, 2.24) is 14.5 Å². The summed E-state index contributed by atoms with van der Waals surface area (Å²) in [6.07, 6.45) is 0.243. The number of amides is 1. The van der Waals surface area contributed by atoms with Crippen molar-refractivity contribution in [1.29, 1.82) is 0 Å². The van der Waals surface area contributed by atoms with Crippen molar-refractivity contribution in [2.45, 2.75) is 46.3 Å². The average Bonchev–Trinajstić information content (AvgIpc) is 2.97. The van der Waals surface area contributed by atoms with Crippen molar-refractivity contribution >= 4 is 16.9 Å². The lowest BCUT2D eigenvalue weighted by molar-refractivity contribution is -0.121. The van der Waals surface area contributed by atoms with Gasteiger partial charge in [0.15, 0.2) is 0 Å². The Balaban J connectivity index is 1.68. The number of nitrogens with zero attached hydrogens (tertiary/aromatic N) is 2. The molecular weight excluding hydrogens is 354 g/mol. The van der Waals surface area contributed by atoms with Crippen molar-refractivity contribution in [2.24, 2.45) is 0 Å². The number of imidazole rings is 1. The summed E-state index contributed by atoms with van der Waals surface area (Å²) in [5.74, 6) is 0.703. The summed E-state index contributed by atoms with van der Waals surface area (Å²) in [4.78, 5) is 25.1. The van der Waals surface area contributed by atoms with Crippen LogP contribution in [0.25, 0.3) is 11.0 Å². The molecule has 0 aliphatic rings. The number of rotatable bonds is 8. The quantitative estimate of drug-likeness (QED) is 0.650. The Morgan fingerprint density at radius 1 is 1.07 bits per heavy atom. The number of nitrogens with one attached hydrogen (secondary N) is 1. The molecule has 0 spiro atoms. The lowest BCUT2D eigenvalue weighted by Crippen LogP contribution is -2.30. The molecule has 3 rings (SSSR count). The Morgan fingerprint density at radius 3 is 2.46 bits per heavy atom. The van der Waals surface area contributed by atoms with Crippen molar-refractivity contribution in [3.63, 3.8) is 0 Å². The van der Waals surface area contributed by atoms with Gasteiger partial charge in [-0.15, -0.1) is 0 Å². The summed E-state index contributed by atoms with van der Waals surface area (Å²) in [5.41, 5.74) is 2.67. The van der Waals surface area contributed by atoms with E-state index in [0.717, 1.165) is 22.3 Å². The van der Waals surface area contributed by atoms with Crippen LogP contribution >= 0.6 is 0 Å². The van der Waals surface area contributed by atoms with Crippen LogP contribution in [0.15, 0.2) is 53.3 Å². The summed E-state index contributed by atoms with van der Waals surface area (Å²) < 4.78 is 8.93. The number of hydrogen-bond acceptors (Lipinski definition) is 3. The second-order valence-electron chi connectivity index (χ2n) is 6.71. The molecule has 0 bridgehead atoms. The fourth-order valence-electron chi connectivity index (χ4n) is 3.44. The summed E-state index contributed by atoms with van der Waals surface area (Å²) >= 11 is 0. The molecule has 0 aliphatic heterocycles. The summed E-state index contributed by atoms with van der Waals surface area (Å²) in [5, 5.41) is 3.01. The van der Waals surface area contributed by atoms with E-state index >= 15 is 0 Å². The van der Waals surface area contributed by atoms with Gasteiger partial charge in [-0.2, -0.15) is 0 Å². The fourth-order valence-corrected chi connectivity index (χ4v) is 3.44. The highest BCUT2D eigenvalue weighted by Gasteiger charge is 2.14. The molecule has 2 aromatic carbocycles. The minimum Gasteiger partial charge on any atom is -0.494 e. The van der Waals surface area contributed by atoms with Gasteiger partial charge in [-0.25, -0.2) is 4.79 Å². The Labute approximate surface area is 164 Å². The first-order valence-electron chi connectivity index (χ1n) is 9.75. The van der Waals surface area contributed by atoms with E-state index in [9.17, 15) is 9.59 Å². The van der Waals surface area contributed by atoms with E-state index in [-0.39, 0.29) is 24.1 Å². The highest BCUT2D eigenvalue weighted by molar-refractivity contribution is 5.78. The van der Waals surface area contributed by atoms with Crippen LogP contribution in [0.3, 0.4) is 0 Å². The molecule has 1 amide bonds. The van der Waals surface area contributed by atoms with Gasteiger partial charge in [0.2, 0.25) is 5.91 Å². The SMILES string of the molecule is CCOc1cccc(C(C)NC(=O)CCn2c(=O)n(CC)c3ccccc32)c1. The molecule has 3 aromatic rings. The molecule has 1 heterocycles. The molecule has 1 N–H and O–H groups in total. The lowest BCUT2D eigenvalue weighted by atomic mass is 10.1. The third kappa shape index (κ3) is 4.11. The van der Waals surface area contributed by atoms with E-state index in [1.54, 1.807) is 9.13 Å². The third-order valence-corrected chi connectivity index (χ3v) is 4.85. The molecule has 148 valence electrons. The first-order valence-corrected chi connectivity index (χ1v) is 9.75. The topological polar surface area (TPSA) is 65.3 Å². The second kappa shape index (κ2) is 8.78. The molecule has 6 heteroatoms. The molecule has 28 heavy (non-hydrogen) atoms. The Bertz CT molecular complexity index is 1020. The standard InChI is InChI=1S/C22H27N3O3/c1-4-24-19-11-6-7-12-20(19)25(22(24)27)14-13-21(26)23-16(3)17-9-8-10-18(15-17)28-5-2/h6-12,15-16H,4-5,13-14H2,1-3H3,(H,23,26). The smallest absolute Gasteiger partial charge is 0.329 e. The van der Waals surface area contributed by atoms with Crippen LogP contribution < -0.4 is 15.7 Å². The zero-order chi connectivity index (χ0) is 20.1. The average molecular weight is 381 g/mol. The largest absolute Gasteiger partial charge is 0.494 e. The summed E-state index contributed by atoms with van der Waals surface area (Å²) in [6, 6.07) is 15.3. The van der Waals surface area contributed by atoms with Gasteiger partial charge in [-0.3, -0.25) is 13.9 Å². The molecule has 0 saturated heterocycles. The number of aromatic nitrogens is 2. The van der Waals surface area contributed by atoms with Gasteiger partial charge in [0.1, 0.15) is 5.75 Å². The maximum Gasteiger partial charge on any atom is 0.329 e. The molecule has 1 atom stereocenters. The predicted octanol–water partition coefficient (Wildman–Crippen LogP) is 3.49. The summed E-state index contributed by atoms with van der Waals surface area (Å²) in [7, 11) is 0. The third-order valence-electron chi connectivity index (χ3n) is 4.85. The second-order valence-corrected chi connectivity index (χ2v) is 6.71. The van der Waals surface area contributed by atoms with Crippen LogP contribution in [-0.2, 0) is 17.9 Å². The fraction of sp³-hybridized carbons (Fsp3) is 0.364. The van der Waals surface area contributed by atoms with Crippen LogP contribution in [-0.4, -0.2) is 21.6 Å². The van der Waals surface area contributed by atoms with Gasteiger partial charge in [-0.05, 0) is 50.6 Å². The zero-order valence-electron chi connectivity index (χ0n) is 16.6. The van der Waals surface area contributed by atoms with Crippen LogP contribution in [0.5, 0.6) is 5.75 Å². The number of carbonyl (C=O) groups is 1. The number of benzene rings is 2. The molecule has 1 unspecified atom stereocenters. The zero-order valence-corrected chi connectivity index (χ0v) is 16.6. The van der Waals surface area contributed by atoms with Gasteiger partial charge in [0, 0.05) is 19.5 Å². The Hall–Kier alpha value is -3.02. The highest BCUT2D eigenvalue weighted by Crippen LogP contribution is 2.19. The number of hydrogen-bond donors (Lipinski definition) is 1. The van der Waals surface area contributed by atoms with Crippen LogP contribution in [0.1, 0.15) is 38.8 Å². The van der Waals surface area contributed by atoms with E-state index in [1.165, 1.54) is 0 Å². The van der Waals surface area contributed by atoms with E-state index in [2.05, 4.69) is 5.32 Å². The van der Waals surface area contributed by atoms with Gasteiger partial charge in [0.25, 0.3) is 0 Å². The Kier molecular flexibility index (Phi) is 6.19. The molecule has 0 fully saturated rings. The number of para-hydroxylation sites is 2. The molecule has 0 aliphatic carbocycles.